The molecule has 0 spiro atoms. The van der Waals surface area contributed by atoms with Gasteiger partial charge in [0.25, 0.3) is 5.91 Å². The molecule has 1 amide bonds. The summed E-state index contributed by atoms with van der Waals surface area (Å²) in [5, 5.41) is 1.11. The molecule has 2 fully saturated rings. The summed E-state index contributed by atoms with van der Waals surface area (Å²) in [5.74, 6) is 0.157. The first-order valence-corrected chi connectivity index (χ1v) is 8.76. The molecule has 4 rings (SSSR count). The highest BCUT2D eigenvalue weighted by Crippen LogP contribution is 2.33. The summed E-state index contributed by atoms with van der Waals surface area (Å²) in [4.78, 5) is 22.0. The Bertz CT molecular complexity index is 716. The highest BCUT2D eigenvalue weighted by Gasteiger charge is 2.26. The minimum absolute atomic E-state index is 0.157. The summed E-state index contributed by atoms with van der Waals surface area (Å²) in [7, 11) is 0. The van der Waals surface area contributed by atoms with Crippen molar-refractivity contribution < 1.29 is 4.79 Å². The number of anilines is 1. The molecular formula is C19H23N3O. The van der Waals surface area contributed by atoms with E-state index in [0.717, 1.165) is 61.2 Å². The van der Waals surface area contributed by atoms with Crippen LogP contribution in [0, 0.1) is 0 Å². The van der Waals surface area contributed by atoms with Crippen molar-refractivity contribution in [1.29, 1.82) is 0 Å². The minimum atomic E-state index is 0.157. The third kappa shape index (κ3) is 2.67. The van der Waals surface area contributed by atoms with E-state index < -0.39 is 0 Å². The second-order valence-electron chi connectivity index (χ2n) is 6.58. The van der Waals surface area contributed by atoms with Gasteiger partial charge in [-0.15, -0.1) is 0 Å². The molecule has 23 heavy (non-hydrogen) atoms. The number of piperidine rings is 1. The summed E-state index contributed by atoms with van der Waals surface area (Å²) < 4.78 is 0. The Balaban J connectivity index is 1.81. The van der Waals surface area contributed by atoms with Gasteiger partial charge in [0.2, 0.25) is 0 Å². The zero-order chi connectivity index (χ0) is 15.6. The van der Waals surface area contributed by atoms with Crippen molar-refractivity contribution in [1.82, 2.24) is 9.88 Å². The van der Waals surface area contributed by atoms with Crippen molar-refractivity contribution in [3.05, 3.63) is 36.0 Å². The average molecular weight is 309 g/mol. The topological polar surface area (TPSA) is 36.4 Å². The van der Waals surface area contributed by atoms with Crippen LogP contribution < -0.4 is 4.90 Å². The fraction of sp³-hybridized carbons (Fsp3) is 0.474. The van der Waals surface area contributed by atoms with Gasteiger partial charge in [-0.25, -0.2) is 0 Å². The predicted octanol–water partition coefficient (Wildman–Crippen LogP) is 3.46. The Labute approximate surface area is 137 Å². The quantitative estimate of drug-likeness (QED) is 0.852. The largest absolute Gasteiger partial charge is 0.370 e. The minimum Gasteiger partial charge on any atom is -0.370 e. The smallest absolute Gasteiger partial charge is 0.257 e. The molecule has 2 aliphatic rings. The van der Waals surface area contributed by atoms with E-state index in [9.17, 15) is 4.79 Å². The van der Waals surface area contributed by atoms with Crippen LogP contribution in [0.25, 0.3) is 10.9 Å². The number of rotatable bonds is 2. The number of fused-ring (bicyclic) bond motifs is 1. The molecule has 2 aliphatic heterocycles. The number of hydrogen-bond acceptors (Lipinski definition) is 3. The number of pyridine rings is 1. The molecule has 0 aliphatic carbocycles. The van der Waals surface area contributed by atoms with Crippen LogP contribution in [0.2, 0.25) is 0 Å². The number of aromatic nitrogens is 1. The van der Waals surface area contributed by atoms with Crippen molar-refractivity contribution in [3.8, 4) is 0 Å². The third-order valence-corrected chi connectivity index (χ3v) is 5.04. The molecular weight excluding hydrogens is 286 g/mol. The zero-order valence-electron chi connectivity index (χ0n) is 13.5. The molecule has 0 atom stereocenters. The molecule has 0 radical (unpaired) electrons. The Morgan fingerprint density at radius 2 is 1.61 bits per heavy atom. The molecule has 120 valence electrons. The summed E-state index contributed by atoms with van der Waals surface area (Å²) in [6.45, 7) is 3.83. The van der Waals surface area contributed by atoms with Gasteiger partial charge >= 0.3 is 0 Å². The van der Waals surface area contributed by atoms with Gasteiger partial charge in [0, 0.05) is 37.8 Å². The lowest BCUT2D eigenvalue weighted by Gasteiger charge is -2.29. The van der Waals surface area contributed by atoms with Crippen molar-refractivity contribution in [2.75, 3.05) is 31.1 Å². The van der Waals surface area contributed by atoms with Crippen LogP contribution in [-0.4, -0.2) is 42.0 Å². The van der Waals surface area contributed by atoms with Crippen molar-refractivity contribution in [2.24, 2.45) is 0 Å². The van der Waals surface area contributed by atoms with Crippen molar-refractivity contribution in [3.63, 3.8) is 0 Å². The highest BCUT2D eigenvalue weighted by molar-refractivity contribution is 6.07. The molecule has 3 heterocycles. The number of para-hydroxylation sites is 1. The maximum atomic E-state index is 13.1. The summed E-state index contributed by atoms with van der Waals surface area (Å²) >= 11 is 0. The van der Waals surface area contributed by atoms with E-state index in [2.05, 4.69) is 16.0 Å². The van der Waals surface area contributed by atoms with Crippen LogP contribution in [-0.2, 0) is 0 Å². The molecule has 4 nitrogen and oxygen atoms in total. The monoisotopic (exact) mass is 309 g/mol. The standard InChI is InChI=1S/C19H23N3O/c23-19(22-12-4-1-5-13-22)16-14-20-17-9-3-2-8-15(17)18(16)21-10-6-7-11-21/h2-3,8-9,14H,1,4-7,10-13H2. The SMILES string of the molecule is O=C(c1cnc2ccccc2c1N1CCCC1)N1CCCCC1. The Hall–Kier alpha value is -2.10. The molecule has 0 unspecified atom stereocenters. The number of carbonyl (C=O) groups is 1. The Morgan fingerprint density at radius 1 is 0.913 bits per heavy atom. The first-order chi connectivity index (χ1) is 11.3. The maximum absolute atomic E-state index is 13.1. The number of nitrogens with zero attached hydrogens (tertiary/aromatic N) is 3. The van der Waals surface area contributed by atoms with Gasteiger partial charge < -0.3 is 9.80 Å². The fourth-order valence-corrected chi connectivity index (χ4v) is 3.83. The molecule has 0 saturated carbocycles. The number of carbonyl (C=O) groups excluding carboxylic acids is 1. The zero-order valence-corrected chi connectivity index (χ0v) is 13.5. The number of likely N-dealkylation sites (tertiary alicyclic amines) is 1. The normalized spacial score (nSPS) is 18.6. The Morgan fingerprint density at radius 3 is 2.39 bits per heavy atom. The van der Waals surface area contributed by atoms with Gasteiger partial charge in [-0.05, 0) is 38.2 Å². The second-order valence-corrected chi connectivity index (χ2v) is 6.58. The maximum Gasteiger partial charge on any atom is 0.257 e. The van der Waals surface area contributed by atoms with Gasteiger partial charge in [-0.3, -0.25) is 9.78 Å². The van der Waals surface area contributed by atoms with Crippen molar-refractivity contribution >= 4 is 22.5 Å². The summed E-state index contributed by atoms with van der Waals surface area (Å²) in [6, 6.07) is 8.18. The van der Waals surface area contributed by atoms with Crippen LogP contribution in [0.3, 0.4) is 0 Å². The van der Waals surface area contributed by atoms with Gasteiger partial charge in [0.1, 0.15) is 0 Å². The van der Waals surface area contributed by atoms with E-state index in [4.69, 9.17) is 0 Å². The molecule has 1 aromatic carbocycles. The predicted molar refractivity (Wildman–Crippen MR) is 92.9 cm³/mol. The van der Waals surface area contributed by atoms with E-state index in [1.165, 1.54) is 19.3 Å². The number of amides is 1. The molecule has 4 heteroatoms. The lowest BCUT2D eigenvalue weighted by atomic mass is 10.1. The third-order valence-electron chi connectivity index (χ3n) is 5.04. The lowest BCUT2D eigenvalue weighted by Crippen LogP contribution is -2.36. The first-order valence-electron chi connectivity index (χ1n) is 8.76. The molecule has 1 aromatic heterocycles. The molecule has 0 bridgehead atoms. The first kappa shape index (κ1) is 14.5. The second kappa shape index (κ2) is 6.19. The number of hydrogen-bond donors (Lipinski definition) is 0. The van der Waals surface area contributed by atoms with E-state index in [1.54, 1.807) is 6.20 Å². The molecule has 2 saturated heterocycles. The van der Waals surface area contributed by atoms with Crippen LogP contribution in [0.4, 0.5) is 5.69 Å². The molecule has 0 N–H and O–H groups in total. The van der Waals surface area contributed by atoms with Gasteiger partial charge in [-0.1, -0.05) is 18.2 Å². The van der Waals surface area contributed by atoms with Gasteiger partial charge in [0.05, 0.1) is 16.8 Å². The van der Waals surface area contributed by atoms with Gasteiger partial charge in [-0.2, -0.15) is 0 Å². The van der Waals surface area contributed by atoms with Gasteiger partial charge in [0.15, 0.2) is 0 Å². The van der Waals surface area contributed by atoms with Crippen LogP contribution >= 0.6 is 0 Å². The average Bonchev–Trinajstić information content (AvgIpc) is 3.15. The highest BCUT2D eigenvalue weighted by atomic mass is 16.2. The lowest BCUT2D eigenvalue weighted by molar-refractivity contribution is 0.0724. The van der Waals surface area contributed by atoms with Crippen LogP contribution in [0.1, 0.15) is 42.5 Å². The molecule has 2 aromatic rings. The van der Waals surface area contributed by atoms with E-state index >= 15 is 0 Å². The van der Waals surface area contributed by atoms with E-state index in [1.807, 2.05) is 23.1 Å². The van der Waals surface area contributed by atoms with Crippen molar-refractivity contribution in [2.45, 2.75) is 32.1 Å². The van der Waals surface area contributed by atoms with Crippen LogP contribution in [0.5, 0.6) is 0 Å². The van der Waals surface area contributed by atoms with Crippen LogP contribution in [0.15, 0.2) is 30.5 Å². The Kier molecular flexibility index (Phi) is 3.90. The number of benzene rings is 1. The van der Waals surface area contributed by atoms with E-state index in [0.29, 0.717) is 0 Å². The van der Waals surface area contributed by atoms with E-state index in [-0.39, 0.29) is 5.91 Å². The summed E-state index contributed by atoms with van der Waals surface area (Å²) in [6.07, 6.45) is 7.67. The fourth-order valence-electron chi connectivity index (χ4n) is 3.83. The summed E-state index contributed by atoms with van der Waals surface area (Å²) in [5.41, 5.74) is 2.86.